The number of benzene rings is 2. The van der Waals surface area contributed by atoms with Crippen LogP contribution < -0.4 is 25.6 Å². The lowest BCUT2D eigenvalue weighted by Gasteiger charge is -2.19. The second-order valence-corrected chi connectivity index (χ2v) is 5.99. The van der Waals surface area contributed by atoms with Gasteiger partial charge in [-0.25, -0.2) is 5.43 Å². The van der Waals surface area contributed by atoms with E-state index in [2.05, 4.69) is 52.6 Å². The second kappa shape index (κ2) is 6.58. The Morgan fingerprint density at radius 2 is 1.91 bits per heavy atom. The zero-order chi connectivity index (χ0) is 15.5. The molecule has 2 unspecified atom stereocenters. The van der Waals surface area contributed by atoms with E-state index in [0.29, 0.717) is 12.7 Å². The van der Waals surface area contributed by atoms with Crippen molar-refractivity contribution in [3.8, 4) is 11.5 Å². The summed E-state index contributed by atoms with van der Waals surface area (Å²) in [4.78, 5) is 0. The van der Waals surface area contributed by atoms with Gasteiger partial charge in [-0.1, -0.05) is 36.4 Å². The Bertz CT molecular complexity index is 663. The molecule has 2 heterocycles. The van der Waals surface area contributed by atoms with E-state index < -0.39 is 0 Å². The topological polar surface area (TPSA) is 54.5 Å². The highest BCUT2D eigenvalue weighted by molar-refractivity contribution is 5.45. The number of rotatable bonds is 5. The van der Waals surface area contributed by atoms with E-state index in [9.17, 15) is 0 Å². The van der Waals surface area contributed by atoms with Gasteiger partial charge in [0.2, 0.25) is 6.79 Å². The quantitative estimate of drug-likeness (QED) is 0.788. The Kier molecular flexibility index (Phi) is 4.15. The van der Waals surface area contributed by atoms with Crippen LogP contribution in [0.3, 0.4) is 0 Å². The zero-order valence-electron chi connectivity index (χ0n) is 12.9. The molecule has 5 nitrogen and oxygen atoms in total. The third-order valence-electron chi connectivity index (χ3n) is 4.43. The number of hydrazine groups is 1. The maximum absolute atomic E-state index is 5.49. The highest BCUT2D eigenvalue weighted by Crippen LogP contribution is 2.36. The minimum Gasteiger partial charge on any atom is -0.454 e. The lowest BCUT2D eigenvalue weighted by Crippen LogP contribution is -2.28. The second-order valence-electron chi connectivity index (χ2n) is 5.99. The van der Waals surface area contributed by atoms with Gasteiger partial charge >= 0.3 is 0 Å². The smallest absolute Gasteiger partial charge is 0.231 e. The average molecular weight is 311 g/mol. The molecule has 3 N–H and O–H groups in total. The summed E-state index contributed by atoms with van der Waals surface area (Å²) in [5.74, 6) is 2.16. The van der Waals surface area contributed by atoms with Crippen LogP contribution in [0.2, 0.25) is 0 Å². The van der Waals surface area contributed by atoms with Crippen molar-refractivity contribution in [2.75, 3.05) is 19.9 Å². The van der Waals surface area contributed by atoms with E-state index >= 15 is 0 Å². The molecule has 0 saturated carbocycles. The van der Waals surface area contributed by atoms with Crippen molar-refractivity contribution in [2.24, 2.45) is 5.92 Å². The molecule has 4 rings (SSSR count). The van der Waals surface area contributed by atoms with Crippen LogP contribution in [0.1, 0.15) is 17.2 Å². The highest BCUT2D eigenvalue weighted by Gasteiger charge is 2.29. The zero-order valence-corrected chi connectivity index (χ0v) is 12.9. The number of fused-ring (bicyclic) bond motifs is 1. The van der Waals surface area contributed by atoms with Crippen LogP contribution in [0.25, 0.3) is 0 Å². The first kappa shape index (κ1) is 14.5. The number of ether oxygens (including phenoxy) is 2. The summed E-state index contributed by atoms with van der Waals surface area (Å²) >= 11 is 0. The van der Waals surface area contributed by atoms with Crippen LogP contribution in [-0.4, -0.2) is 19.9 Å². The standard InChI is InChI=1S/C18H21N3O2/c1-2-4-13(5-3-1)9-19-10-15-11-20-21-18(15)14-6-7-16-17(8-14)23-12-22-16/h1-8,15,18-21H,9-12H2. The van der Waals surface area contributed by atoms with Gasteiger partial charge in [-0.15, -0.1) is 0 Å². The summed E-state index contributed by atoms with van der Waals surface area (Å²) in [6, 6.07) is 16.9. The Morgan fingerprint density at radius 1 is 1.04 bits per heavy atom. The fourth-order valence-electron chi connectivity index (χ4n) is 3.19. The van der Waals surface area contributed by atoms with Gasteiger partial charge in [-0.2, -0.15) is 0 Å². The first-order chi connectivity index (χ1) is 11.4. The molecule has 0 radical (unpaired) electrons. The molecule has 0 bridgehead atoms. The normalized spacial score (nSPS) is 22.4. The van der Waals surface area contributed by atoms with Crippen LogP contribution >= 0.6 is 0 Å². The van der Waals surface area contributed by atoms with Crippen molar-refractivity contribution in [2.45, 2.75) is 12.6 Å². The van der Waals surface area contributed by atoms with Crippen LogP contribution in [0.4, 0.5) is 0 Å². The molecular formula is C18H21N3O2. The summed E-state index contributed by atoms with van der Waals surface area (Å²) in [7, 11) is 0. The molecule has 0 spiro atoms. The Hall–Kier alpha value is -2.08. The van der Waals surface area contributed by atoms with Crippen molar-refractivity contribution < 1.29 is 9.47 Å². The lowest BCUT2D eigenvalue weighted by molar-refractivity contribution is 0.174. The molecule has 1 fully saturated rings. The molecule has 2 aliphatic heterocycles. The summed E-state index contributed by atoms with van der Waals surface area (Å²) in [5.41, 5.74) is 9.19. The number of nitrogens with one attached hydrogen (secondary N) is 3. The molecule has 2 aromatic rings. The minimum absolute atomic E-state index is 0.271. The molecule has 5 heteroatoms. The third kappa shape index (κ3) is 3.17. The Labute approximate surface area is 136 Å². The Balaban J connectivity index is 1.39. The van der Waals surface area contributed by atoms with Crippen molar-refractivity contribution >= 4 is 0 Å². The molecule has 23 heavy (non-hydrogen) atoms. The molecule has 0 amide bonds. The van der Waals surface area contributed by atoms with Gasteiger partial charge in [0, 0.05) is 25.6 Å². The number of hydrogen-bond donors (Lipinski definition) is 3. The predicted octanol–water partition coefficient (Wildman–Crippen LogP) is 1.97. The van der Waals surface area contributed by atoms with Gasteiger partial charge in [-0.3, -0.25) is 5.43 Å². The van der Waals surface area contributed by atoms with Gasteiger partial charge in [0.15, 0.2) is 11.5 Å². The molecule has 2 aromatic carbocycles. The van der Waals surface area contributed by atoms with E-state index in [1.54, 1.807) is 0 Å². The highest BCUT2D eigenvalue weighted by atomic mass is 16.7. The van der Waals surface area contributed by atoms with Gasteiger partial charge in [-0.05, 0) is 23.3 Å². The minimum atomic E-state index is 0.271. The molecule has 0 aliphatic carbocycles. The van der Waals surface area contributed by atoms with Gasteiger partial charge in [0.05, 0.1) is 6.04 Å². The summed E-state index contributed by atoms with van der Waals surface area (Å²) in [5, 5.41) is 3.56. The molecule has 0 aromatic heterocycles. The van der Waals surface area contributed by atoms with Gasteiger partial charge < -0.3 is 14.8 Å². The SMILES string of the molecule is c1ccc(CNCC2CNNC2c2ccc3c(c2)OCO3)cc1. The summed E-state index contributed by atoms with van der Waals surface area (Å²) in [6.07, 6.45) is 0. The van der Waals surface area contributed by atoms with Gasteiger partial charge in [0.25, 0.3) is 0 Å². The third-order valence-corrected chi connectivity index (χ3v) is 4.43. The molecule has 1 saturated heterocycles. The van der Waals surface area contributed by atoms with Gasteiger partial charge in [0.1, 0.15) is 0 Å². The van der Waals surface area contributed by atoms with Crippen molar-refractivity contribution in [1.82, 2.24) is 16.2 Å². The van der Waals surface area contributed by atoms with Crippen LogP contribution in [-0.2, 0) is 6.54 Å². The summed E-state index contributed by atoms with van der Waals surface area (Å²) in [6.45, 7) is 3.11. The van der Waals surface area contributed by atoms with Crippen molar-refractivity contribution in [3.63, 3.8) is 0 Å². The first-order valence-electron chi connectivity index (χ1n) is 8.03. The Morgan fingerprint density at radius 3 is 2.83 bits per heavy atom. The maximum Gasteiger partial charge on any atom is 0.231 e. The molecule has 2 aliphatic rings. The molecule has 2 atom stereocenters. The largest absolute Gasteiger partial charge is 0.454 e. The van der Waals surface area contributed by atoms with E-state index in [1.165, 1.54) is 11.1 Å². The first-order valence-corrected chi connectivity index (χ1v) is 8.03. The lowest BCUT2D eigenvalue weighted by atomic mass is 9.94. The monoisotopic (exact) mass is 311 g/mol. The van der Waals surface area contributed by atoms with Crippen LogP contribution in [0.15, 0.2) is 48.5 Å². The van der Waals surface area contributed by atoms with Crippen molar-refractivity contribution in [3.05, 3.63) is 59.7 Å². The number of hydrogen-bond acceptors (Lipinski definition) is 5. The van der Waals surface area contributed by atoms with Crippen molar-refractivity contribution in [1.29, 1.82) is 0 Å². The van der Waals surface area contributed by atoms with E-state index in [0.717, 1.165) is 31.1 Å². The molecule has 120 valence electrons. The molecular weight excluding hydrogens is 290 g/mol. The average Bonchev–Trinajstić information content (AvgIpc) is 3.24. The maximum atomic E-state index is 5.49. The summed E-state index contributed by atoms with van der Waals surface area (Å²) < 4.78 is 10.9. The van der Waals surface area contributed by atoms with Crippen LogP contribution in [0, 0.1) is 5.92 Å². The fourth-order valence-corrected chi connectivity index (χ4v) is 3.19. The fraction of sp³-hybridized carbons (Fsp3) is 0.333. The predicted molar refractivity (Wildman–Crippen MR) is 88.1 cm³/mol. The van der Waals surface area contributed by atoms with Crippen LogP contribution in [0.5, 0.6) is 11.5 Å². The van der Waals surface area contributed by atoms with E-state index in [-0.39, 0.29) is 6.04 Å². The van der Waals surface area contributed by atoms with E-state index in [4.69, 9.17) is 9.47 Å². The van der Waals surface area contributed by atoms with E-state index in [1.807, 2.05) is 12.1 Å².